The van der Waals surface area contributed by atoms with E-state index in [-0.39, 0.29) is 5.91 Å². The van der Waals surface area contributed by atoms with E-state index in [0.717, 1.165) is 27.8 Å². The molecule has 2 aromatic carbocycles. The average molecular weight is 389 g/mol. The van der Waals surface area contributed by atoms with Gasteiger partial charge in [0, 0.05) is 22.3 Å². The van der Waals surface area contributed by atoms with Crippen molar-refractivity contribution in [2.75, 3.05) is 10.6 Å². The second-order valence-corrected chi connectivity index (χ2v) is 6.71. The molecule has 4 rings (SSSR count). The quantitative estimate of drug-likeness (QED) is 0.478. The van der Waals surface area contributed by atoms with E-state index in [4.69, 9.17) is 11.6 Å². The van der Waals surface area contributed by atoms with Gasteiger partial charge in [-0.05, 0) is 48.9 Å². The molecule has 0 saturated heterocycles. The molecule has 1 amide bonds. The summed E-state index contributed by atoms with van der Waals surface area (Å²) in [5.74, 6) is -0.288. The van der Waals surface area contributed by atoms with Crippen LogP contribution in [0.2, 0.25) is 5.02 Å². The zero-order valence-electron chi connectivity index (χ0n) is 15.1. The Morgan fingerprint density at radius 3 is 2.54 bits per heavy atom. The Bertz CT molecular complexity index is 1150. The number of carbonyl (C=O) groups is 1. The summed E-state index contributed by atoms with van der Waals surface area (Å²) in [5.41, 5.74) is 4.34. The van der Waals surface area contributed by atoms with Gasteiger partial charge in [-0.3, -0.25) is 9.78 Å². The number of pyridine rings is 2. The van der Waals surface area contributed by atoms with Crippen molar-refractivity contribution in [2.45, 2.75) is 6.92 Å². The lowest BCUT2D eigenvalue weighted by Crippen LogP contribution is -2.14. The van der Waals surface area contributed by atoms with Crippen molar-refractivity contribution in [2.24, 2.45) is 0 Å². The van der Waals surface area contributed by atoms with Crippen LogP contribution in [-0.2, 0) is 0 Å². The summed E-state index contributed by atoms with van der Waals surface area (Å²) in [4.78, 5) is 21.2. The van der Waals surface area contributed by atoms with Crippen molar-refractivity contribution in [1.29, 1.82) is 0 Å². The highest BCUT2D eigenvalue weighted by Gasteiger charge is 2.11. The van der Waals surface area contributed by atoms with Gasteiger partial charge in [-0.25, -0.2) is 4.98 Å². The summed E-state index contributed by atoms with van der Waals surface area (Å²) in [7, 11) is 0. The minimum absolute atomic E-state index is 0.288. The second kappa shape index (κ2) is 7.66. The SMILES string of the molecule is Cc1c(Cl)cccc1NC(=O)c1ccc(Nc2cccc3cccnc23)cn1. The number of halogens is 1. The lowest BCUT2D eigenvalue weighted by atomic mass is 10.2. The molecule has 5 nitrogen and oxygen atoms in total. The van der Waals surface area contributed by atoms with Crippen LogP contribution < -0.4 is 10.6 Å². The topological polar surface area (TPSA) is 66.9 Å². The number of fused-ring (bicyclic) bond motifs is 1. The highest BCUT2D eigenvalue weighted by molar-refractivity contribution is 6.31. The fourth-order valence-electron chi connectivity index (χ4n) is 2.89. The maximum atomic E-state index is 12.5. The Hall–Kier alpha value is -3.44. The van der Waals surface area contributed by atoms with Crippen LogP contribution in [0.25, 0.3) is 10.9 Å². The van der Waals surface area contributed by atoms with Gasteiger partial charge in [-0.1, -0.05) is 35.9 Å². The molecule has 0 aliphatic carbocycles. The zero-order valence-corrected chi connectivity index (χ0v) is 15.9. The van der Waals surface area contributed by atoms with Crippen molar-refractivity contribution in [3.05, 3.63) is 89.3 Å². The van der Waals surface area contributed by atoms with Crippen LogP contribution in [-0.4, -0.2) is 15.9 Å². The van der Waals surface area contributed by atoms with Crippen molar-refractivity contribution < 1.29 is 4.79 Å². The number of carbonyl (C=O) groups excluding carboxylic acids is 1. The maximum absolute atomic E-state index is 12.5. The van der Waals surface area contributed by atoms with Gasteiger partial charge in [0.05, 0.1) is 23.1 Å². The van der Waals surface area contributed by atoms with E-state index in [1.54, 1.807) is 30.6 Å². The summed E-state index contributed by atoms with van der Waals surface area (Å²) in [6, 6.07) is 18.7. The summed E-state index contributed by atoms with van der Waals surface area (Å²) in [6.07, 6.45) is 3.39. The number of nitrogens with one attached hydrogen (secondary N) is 2. The molecule has 6 heteroatoms. The van der Waals surface area contributed by atoms with Gasteiger partial charge in [-0.2, -0.15) is 0 Å². The lowest BCUT2D eigenvalue weighted by molar-refractivity contribution is 0.102. The van der Waals surface area contributed by atoms with Crippen molar-refractivity contribution in [3.8, 4) is 0 Å². The van der Waals surface area contributed by atoms with Gasteiger partial charge in [0.25, 0.3) is 5.91 Å². The van der Waals surface area contributed by atoms with Crippen molar-refractivity contribution in [1.82, 2.24) is 9.97 Å². The first-order chi connectivity index (χ1) is 13.6. The van der Waals surface area contributed by atoms with Crippen LogP contribution in [0, 0.1) is 6.92 Å². The van der Waals surface area contributed by atoms with Crippen molar-refractivity contribution in [3.63, 3.8) is 0 Å². The van der Waals surface area contributed by atoms with Gasteiger partial charge >= 0.3 is 0 Å². The average Bonchev–Trinajstić information content (AvgIpc) is 2.72. The van der Waals surface area contributed by atoms with Gasteiger partial charge in [0.15, 0.2) is 0 Å². The van der Waals surface area contributed by atoms with Crippen LogP contribution in [0.15, 0.2) is 73.1 Å². The number of rotatable bonds is 4. The van der Waals surface area contributed by atoms with Crippen LogP contribution in [0.4, 0.5) is 17.1 Å². The minimum Gasteiger partial charge on any atom is -0.352 e. The summed E-state index contributed by atoms with van der Waals surface area (Å²) >= 11 is 6.10. The van der Waals surface area contributed by atoms with Crippen LogP contribution in [0.1, 0.15) is 16.1 Å². The predicted octanol–water partition coefficient (Wildman–Crippen LogP) is 5.59. The van der Waals surface area contributed by atoms with E-state index in [1.165, 1.54) is 0 Å². The number of benzene rings is 2. The third-order valence-electron chi connectivity index (χ3n) is 4.42. The van der Waals surface area contributed by atoms with Crippen LogP contribution >= 0.6 is 11.6 Å². The monoisotopic (exact) mass is 388 g/mol. The number of para-hydroxylation sites is 1. The number of aromatic nitrogens is 2. The second-order valence-electron chi connectivity index (χ2n) is 6.30. The van der Waals surface area contributed by atoms with E-state index in [2.05, 4.69) is 20.6 Å². The van der Waals surface area contributed by atoms with Gasteiger partial charge in [-0.15, -0.1) is 0 Å². The van der Waals surface area contributed by atoms with E-state index < -0.39 is 0 Å². The number of hydrogen-bond donors (Lipinski definition) is 2. The molecular weight excluding hydrogens is 372 g/mol. The van der Waals surface area contributed by atoms with E-state index in [0.29, 0.717) is 16.4 Å². The van der Waals surface area contributed by atoms with E-state index in [9.17, 15) is 4.79 Å². The van der Waals surface area contributed by atoms with Crippen LogP contribution in [0.3, 0.4) is 0 Å². The third kappa shape index (κ3) is 3.66. The van der Waals surface area contributed by atoms with E-state index >= 15 is 0 Å². The molecule has 2 aromatic heterocycles. The molecule has 0 atom stereocenters. The molecule has 0 aliphatic heterocycles. The largest absolute Gasteiger partial charge is 0.352 e. The fourth-order valence-corrected chi connectivity index (χ4v) is 3.07. The highest BCUT2D eigenvalue weighted by atomic mass is 35.5. The summed E-state index contributed by atoms with van der Waals surface area (Å²) < 4.78 is 0. The Morgan fingerprint density at radius 2 is 1.71 bits per heavy atom. The van der Waals surface area contributed by atoms with Gasteiger partial charge in [0.2, 0.25) is 0 Å². The smallest absolute Gasteiger partial charge is 0.274 e. The first-order valence-electron chi connectivity index (χ1n) is 8.75. The first kappa shape index (κ1) is 17.9. The summed E-state index contributed by atoms with van der Waals surface area (Å²) in [6.45, 7) is 1.86. The normalized spacial score (nSPS) is 10.6. The number of anilines is 3. The van der Waals surface area contributed by atoms with Gasteiger partial charge in [0.1, 0.15) is 5.69 Å². The minimum atomic E-state index is -0.288. The third-order valence-corrected chi connectivity index (χ3v) is 4.83. The molecule has 28 heavy (non-hydrogen) atoms. The fraction of sp³-hybridized carbons (Fsp3) is 0.0455. The molecule has 0 fully saturated rings. The Kier molecular flexibility index (Phi) is 4.91. The number of nitrogens with zero attached hydrogens (tertiary/aromatic N) is 2. The number of amides is 1. The molecular formula is C22H17ClN4O. The summed E-state index contributed by atoms with van der Waals surface area (Å²) in [5, 5.41) is 7.80. The standard InChI is InChI=1S/C22H17ClN4O/c1-14-17(23)7-3-8-18(14)27-22(28)20-11-10-16(13-25-20)26-19-9-2-5-15-6-4-12-24-21(15)19/h2-13,26H,1H3,(H,27,28). The molecule has 0 bridgehead atoms. The Morgan fingerprint density at radius 1 is 0.929 bits per heavy atom. The Labute approximate surface area is 167 Å². The first-order valence-corrected chi connectivity index (χ1v) is 9.13. The zero-order chi connectivity index (χ0) is 19.5. The molecule has 0 aliphatic rings. The Balaban J connectivity index is 1.52. The van der Waals surface area contributed by atoms with Crippen molar-refractivity contribution >= 4 is 45.5 Å². The van der Waals surface area contributed by atoms with Crippen LogP contribution in [0.5, 0.6) is 0 Å². The molecule has 0 radical (unpaired) electrons. The molecule has 0 unspecified atom stereocenters. The molecule has 2 N–H and O–H groups in total. The predicted molar refractivity (Wildman–Crippen MR) is 113 cm³/mol. The molecule has 2 heterocycles. The highest BCUT2D eigenvalue weighted by Crippen LogP contribution is 2.25. The molecule has 0 saturated carbocycles. The molecule has 4 aromatic rings. The molecule has 138 valence electrons. The number of hydrogen-bond acceptors (Lipinski definition) is 4. The lowest BCUT2D eigenvalue weighted by Gasteiger charge is -2.11. The van der Waals surface area contributed by atoms with E-state index in [1.807, 2.05) is 49.4 Å². The molecule has 0 spiro atoms. The van der Waals surface area contributed by atoms with Gasteiger partial charge < -0.3 is 10.6 Å². The maximum Gasteiger partial charge on any atom is 0.274 e.